The second-order valence-corrected chi connectivity index (χ2v) is 7.94. The third kappa shape index (κ3) is 4.26. The fourth-order valence-corrected chi connectivity index (χ4v) is 3.79. The molecule has 0 atom stereocenters. The summed E-state index contributed by atoms with van der Waals surface area (Å²) in [6.45, 7) is 3.76. The van der Waals surface area contributed by atoms with Gasteiger partial charge in [0.1, 0.15) is 17.5 Å². The zero-order valence-corrected chi connectivity index (χ0v) is 19.4. The van der Waals surface area contributed by atoms with E-state index in [0.717, 1.165) is 33.1 Å². The summed E-state index contributed by atoms with van der Waals surface area (Å²) in [7, 11) is 2.67. The van der Waals surface area contributed by atoms with Gasteiger partial charge in [-0.05, 0) is 55.8 Å². The van der Waals surface area contributed by atoms with E-state index in [-0.39, 0.29) is 17.1 Å². The van der Waals surface area contributed by atoms with E-state index in [1.807, 2.05) is 36.6 Å². The van der Waals surface area contributed by atoms with Crippen molar-refractivity contribution in [1.29, 1.82) is 0 Å². The van der Waals surface area contributed by atoms with Gasteiger partial charge in [0.15, 0.2) is 0 Å². The number of aromatic nitrogens is 2. The Bertz CT molecular complexity index is 1360. The molecule has 0 N–H and O–H groups in total. The molecule has 11 heteroatoms. The maximum absolute atomic E-state index is 12.5. The minimum atomic E-state index is -0.672. The molecule has 1 fully saturated rings. The number of rotatable bonds is 5. The molecule has 0 spiro atoms. The van der Waals surface area contributed by atoms with Crippen LogP contribution in [0.5, 0.6) is 11.6 Å². The zero-order chi connectivity index (χ0) is 25.4. The number of barbiturate groups is 1. The molecule has 4 amide bonds. The van der Waals surface area contributed by atoms with E-state index in [0.29, 0.717) is 11.3 Å². The van der Waals surface area contributed by atoms with Crippen molar-refractivity contribution >= 4 is 29.6 Å². The number of nitrogens with zero attached hydrogens (tertiary/aromatic N) is 5. The van der Waals surface area contributed by atoms with Gasteiger partial charge < -0.3 is 9.30 Å². The molecule has 1 aliphatic rings. The molecule has 178 valence electrons. The largest absolute Gasteiger partial charge is 0.439 e. The third-order valence-electron chi connectivity index (χ3n) is 5.66. The van der Waals surface area contributed by atoms with Crippen LogP contribution >= 0.6 is 0 Å². The summed E-state index contributed by atoms with van der Waals surface area (Å²) in [6.07, 6.45) is 2.63. The van der Waals surface area contributed by atoms with Gasteiger partial charge in [-0.15, -0.1) is 0 Å². The van der Waals surface area contributed by atoms with Crippen LogP contribution in [-0.2, 0) is 9.59 Å². The first-order valence-corrected chi connectivity index (χ1v) is 10.5. The Morgan fingerprint density at radius 3 is 2.14 bits per heavy atom. The molecular formula is C24H21N5O6. The highest BCUT2D eigenvalue weighted by molar-refractivity contribution is 6.30. The summed E-state index contributed by atoms with van der Waals surface area (Å²) in [5.41, 5.74) is 2.94. The summed E-state index contributed by atoms with van der Waals surface area (Å²) < 4.78 is 7.61. The van der Waals surface area contributed by atoms with Crippen LogP contribution in [0.15, 0.2) is 54.2 Å². The highest BCUT2D eigenvalue weighted by Crippen LogP contribution is 2.27. The quantitative estimate of drug-likeness (QED) is 0.239. The second kappa shape index (κ2) is 8.86. The number of hydrogen-bond donors (Lipinski definition) is 0. The number of imide groups is 2. The molecule has 0 radical (unpaired) electrons. The lowest BCUT2D eigenvalue weighted by Crippen LogP contribution is -2.52. The zero-order valence-electron chi connectivity index (χ0n) is 19.4. The lowest BCUT2D eigenvalue weighted by atomic mass is 10.1. The topological polar surface area (TPSA) is 128 Å². The van der Waals surface area contributed by atoms with Gasteiger partial charge in [0.05, 0.1) is 4.92 Å². The first-order valence-electron chi connectivity index (χ1n) is 10.5. The van der Waals surface area contributed by atoms with Crippen LogP contribution in [0.3, 0.4) is 0 Å². The fourth-order valence-electron chi connectivity index (χ4n) is 3.79. The first kappa shape index (κ1) is 23.4. The lowest BCUT2D eigenvalue weighted by Gasteiger charge is -2.28. The Kier molecular flexibility index (Phi) is 5.91. The summed E-state index contributed by atoms with van der Waals surface area (Å²) in [6, 6.07) is 11.0. The van der Waals surface area contributed by atoms with Crippen molar-refractivity contribution in [3.8, 4) is 17.3 Å². The Hall–Kier alpha value is -4.80. The number of ether oxygens (including phenoxy) is 1. The van der Waals surface area contributed by atoms with Crippen molar-refractivity contribution in [2.24, 2.45) is 0 Å². The van der Waals surface area contributed by atoms with Gasteiger partial charge in [0.2, 0.25) is 5.88 Å². The summed E-state index contributed by atoms with van der Waals surface area (Å²) in [4.78, 5) is 53.0. The first-order chi connectivity index (χ1) is 16.6. The number of carbonyl (C=O) groups is 3. The monoisotopic (exact) mass is 475 g/mol. The molecule has 1 saturated heterocycles. The van der Waals surface area contributed by atoms with Crippen LogP contribution in [0, 0.1) is 24.0 Å². The van der Waals surface area contributed by atoms with E-state index in [4.69, 9.17) is 4.74 Å². The Morgan fingerprint density at radius 2 is 1.60 bits per heavy atom. The summed E-state index contributed by atoms with van der Waals surface area (Å²) in [5.74, 6) is -0.580. The Morgan fingerprint density at radius 1 is 0.971 bits per heavy atom. The predicted molar refractivity (Wildman–Crippen MR) is 125 cm³/mol. The molecule has 0 unspecified atom stereocenters. The van der Waals surface area contributed by atoms with Crippen LogP contribution in [0.25, 0.3) is 11.8 Å². The van der Waals surface area contributed by atoms with Crippen LogP contribution < -0.4 is 4.74 Å². The molecule has 0 aliphatic carbocycles. The van der Waals surface area contributed by atoms with Crippen molar-refractivity contribution in [2.75, 3.05) is 14.1 Å². The van der Waals surface area contributed by atoms with Crippen LogP contribution in [0.2, 0.25) is 0 Å². The highest BCUT2D eigenvalue weighted by atomic mass is 16.6. The maximum Gasteiger partial charge on any atom is 0.333 e. The number of hydrogen-bond acceptors (Lipinski definition) is 7. The molecule has 3 heterocycles. The maximum atomic E-state index is 12.5. The van der Waals surface area contributed by atoms with E-state index in [9.17, 15) is 24.5 Å². The Labute approximate surface area is 200 Å². The molecule has 2 aromatic heterocycles. The van der Waals surface area contributed by atoms with Crippen LogP contribution in [0.4, 0.5) is 10.5 Å². The SMILES string of the molecule is Cc1cc(C=C2C(=O)N(C)C(=O)N(C)C2=O)c(C)n1-c1ccc(Oc2ccc([N+](=O)[O-])cn2)cc1. The van der Waals surface area contributed by atoms with Crippen molar-refractivity contribution in [3.05, 3.63) is 81.3 Å². The van der Waals surface area contributed by atoms with Crippen molar-refractivity contribution < 1.29 is 24.0 Å². The van der Waals surface area contributed by atoms with Gasteiger partial charge in [0.25, 0.3) is 17.5 Å². The average molecular weight is 475 g/mol. The number of aryl methyl sites for hydroxylation is 1. The Balaban J connectivity index is 1.60. The van der Waals surface area contributed by atoms with Gasteiger partial charge >= 0.3 is 6.03 Å². The molecule has 3 aromatic rings. The van der Waals surface area contributed by atoms with Gasteiger partial charge in [-0.2, -0.15) is 0 Å². The number of pyridine rings is 1. The predicted octanol–water partition coefficient (Wildman–Crippen LogP) is 3.62. The molecule has 4 rings (SSSR count). The molecular weight excluding hydrogens is 454 g/mol. The van der Waals surface area contributed by atoms with Gasteiger partial charge in [0, 0.05) is 43.3 Å². The smallest absolute Gasteiger partial charge is 0.333 e. The van der Waals surface area contributed by atoms with Gasteiger partial charge in [-0.3, -0.25) is 29.5 Å². The number of amides is 4. The van der Waals surface area contributed by atoms with Crippen molar-refractivity contribution in [3.63, 3.8) is 0 Å². The standard InChI is InChI=1S/C24H21N5O6/c1-14-11-16(12-20-22(30)26(3)24(32)27(4)23(20)31)15(2)28(14)17-5-8-19(9-6-17)35-21-10-7-18(13-25-21)29(33)34/h5-13H,1-4H3. The number of likely N-dealkylation sites (N-methyl/N-ethyl adjacent to an activating group) is 2. The lowest BCUT2D eigenvalue weighted by molar-refractivity contribution is -0.385. The second-order valence-electron chi connectivity index (χ2n) is 7.94. The van der Waals surface area contributed by atoms with E-state index >= 15 is 0 Å². The average Bonchev–Trinajstić information content (AvgIpc) is 3.12. The summed E-state index contributed by atoms with van der Waals surface area (Å²) in [5, 5.41) is 10.8. The van der Waals surface area contributed by atoms with Gasteiger partial charge in [-0.25, -0.2) is 9.78 Å². The molecule has 0 saturated carbocycles. The fraction of sp³-hybridized carbons (Fsp3) is 0.167. The molecule has 11 nitrogen and oxygen atoms in total. The van der Waals surface area contributed by atoms with E-state index in [2.05, 4.69) is 4.98 Å². The summed E-state index contributed by atoms with van der Waals surface area (Å²) >= 11 is 0. The van der Waals surface area contributed by atoms with E-state index in [1.165, 1.54) is 32.3 Å². The van der Waals surface area contributed by atoms with Crippen molar-refractivity contribution in [1.82, 2.24) is 19.4 Å². The molecule has 1 aromatic carbocycles. The van der Waals surface area contributed by atoms with Crippen LogP contribution in [-0.4, -0.2) is 56.2 Å². The molecule has 1 aliphatic heterocycles. The molecule has 35 heavy (non-hydrogen) atoms. The third-order valence-corrected chi connectivity index (χ3v) is 5.66. The number of nitro groups is 1. The molecule has 0 bridgehead atoms. The minimum Gasteiger partial charge on any atom is -0.439 e. The van der Waals surface area contributed by atoms with Crippen molar-refractivity contribution in [2.45, 2.75) is 13.8 Å². The van der Waals surface area contributed by atoms with Crippen LogP contribution in [0.1, 0.15) is 17.0 Å². The minimum absolute atomic E-state index is 0.0887. The van der Waals surface area contributed by atoms with Gasteiger partial charge in [-0.1, -0.05) is 0 Å². The number of urea groups is 1. The van der Waals surface area contributed by atoms with E-state index < -0.39 is 22.8 Å². The number of benzene rings is 1. The van der Waals surface area contributed by atoms with E-state index in [1.54, 1.807) is 12.1 Å². The highest BCUT2D eigenvalue weighted by Gasteiger charge is 2.38. The normalized spacial score (nSPS) is 13.9. The number of carbonyl (C=O) groups excluding carboxylic acids is 3.